The summed E-state index contributed by atoms with van der Waals surface area (Å²) in [6.07, 6.45) is 4.23. The van der Waals surface area contributed by atoms with E-state index in [0.717, 1.165) is 25.7 Å². The van der Waals surface area contributed by atoms with Crippen LogP contribution in [0.25, 0.3) is 0 Å². The molecule has 106 valence electrons. The summed E-state index contributed by atoms with van der Waals surface area (Å²) >= 11 is 0. The van der Waals surface area contributed by atoms with Gasteiger partial charge in [0, 0.05) is 0 Å². The van der Waals surface area contributed by atoms with Crippen molar-refractivity contribution in [2.45, 2.75) is 53.4 Å². The summed E-state index contributed by atoms with van der Waals surface area (Å²) in [5.41, 5.74) is 0. The second-order valence-electron chi connectivity index (χ2n) is 5.01. The molecule has 0 bridgehead atoms. The van der Waals surface area contributed by atoms with Gasteiger partial charge in [-0.1, -0.05) is 47.0 Å². The van der Waals surface area contributed by atoms with Gasteiger partial charge >= 0.3 is 11.9 Å². The highest BCUT2D eigenvalue weighted by Gasteiger charge is 2.19. The molecule has 4 nitrogen and oxygen atoms in total. The Bertz CT molecular complexity index is 248. The Balaban J connectivity index is 3.88. The third-order valence-corrected chi connectivity index (χ3v) is 2.71. The van der Waals surface area contributed by atoms with E-state index in [2.05, 4.69) is 13.8 Å². The third kappa shape index (κ3) is 8.09. The van der Waals surface area contributed by atoms with E-state index < -0.39 is 11.9 Å². The summed E-state index contributed by atoms with van der Waals surface area (Å²) in [6, 6.07) is 0. The van der Waals surface area contributed by atoms with Crippen molar-refractivity contribution in [2.75, 3.05) is 13.2 Å². The molecule has 0 fully saturated rings. The molecule has 18 heavy (non-hydrogen) atoms. The smallest absolute Gasteiger partial charge is 0.417 e. The van der Waals surface area contributed by atoms with Crippen LogP contribution in [0.5, 0.6) is 0 Å². The van der Waals surface area contributed by atoms with Gasteiger partial charge in [-0.25, -0.2) is 9.59 Å². The Morgan fingerprint density at radius 3 is 2.00 bits per heavy atom. The molecule has 0 rings (SSSR count). The normalized spacial score (nSPS) is 12.3. The van der Waals surface area contributed by atoms with Crippen molar-refractivity contribution in [1.29, 1.82) is 0 Å². The highest BCUT2D eigenvalue weighted by Crippen LogP contribution is 2.12. The lowest BCUT2D eigenvalue weighted by molar-refractivity contribution is -0.169. The van der Waals surface area contributed by atoms with Gasteiger partial charge in [0.1, 0.15) is 0 Å². The van der Waals surface area contributed by atoms with Gasteiger partial charge in [-0.15, -0.1) is 0 Å². The first kappa shape index (κ1) is 16.9. The Kier molecular flexibility index (Phi) is 9.33. The minimum atomic E-state index is -0.881. The average Bonchev–Trinajstić information content (AvgIpc) is 2.35. The topological polar surface area (TPSA) is 52.6 Å². The molecule has 0 aromatic carbocycles. The quantitative estimate of drug-likeness (QED) is 0.496. The molecule has 0 aliphatic heterocycles. The average molecular weight is 258 g/mol. The van der Waals surface area contributed by atoms with Gasteiger partial charge in [0.15, 0.2) is 0 Å². The van der Waals surface area contributed by atoms with Crippen LogP contribution >= 0.6 is 0 Å². The number of hydrogen-bond donors (Lipinski definition) is 0. The number of carbonyl (C=O) groups is 2. The van der Waals surface area contributed by atoms with Gasteiger partial charge in [0.2, 0.25) is 0 Å². The lowest BCUT2D eigenvalue weighted by Gasteiger charge is -2.14. The predicted molar refractivity (Wildman–Crippen MR) is 70.1 cm³/mol. The van der Waals surface area contributed by atoms with Crippen molar-refractivity contribution >= 4 is 11.9 Å². The standard InChI is InChI=1S/C14H26O4/c1-5-7-8-12(6-2)10-18-14(16)13(15)17-9-11(3)4/h11-12H,5-10H2,1-4H3. The van der Waals surface area contributed by atoms with E-state index in [1.165, 1.54) is 0 Å². The number of carbonyl (C=O) groups excluding carboxylic acids is 2. The molecule has 0 radical (unpaired) electrons. The minimum Gasteiger partial charge on any atom is -0.457 e. The number of esters is 2. The number of rotatable bonds is 8. The van der Waals surface area contributed by atoms with E-state index in [4.69, 9.17) is 9.47 Å². The zero-order chi connectivity index (χ0) is 14.0. The maximum absolute atomic E-state index is 11.4. The van der Waals surface area contributed by atoms with Gasteiger partial charge in [-0.3, -0.25) is 0 Å². The van der Waals surface area contributed by atoms with Crippen LogP contribution < -0.4 is 0 Å². The van der Waals surface area contributed by atoms with Crippen LogP contribution in [0.4, 0.5) is 0 Å². The molecule has 0 amide bonds. The van der Waals surface area contributed by atoms with E-state index in [9.17, 15) is 9.59 Å². The molecule has 0 aliphatic carbocycles. The molecule has 4 heteroatoms. The molecule has 0 N–H and O–H groups in total. The molecule has 0 heterocycles. The van der Waals surface area contributed by atoms with Crippen molar-refractivity contribution in [2.24, 2.45) is 11.8 Å². The summed E-state index contributed by atoms with van der Waals surface area (Å²) in [6.45, 7) is 8.58. The molecule has 0 aromatic heterocycles. The van der Waals surface area contributed by atoms with Crippen LogP contribution in [0.15, 0.2) is 0 Å². The molecule has 0 saturated heterocycles. The molecular weight excluding hydrogens is 232 g/mol. The highest BCUT2D eigenvalue weighted by molar-refractivity contribution is 6.29. The van der Waals surface area contributed by atoms with Crippen LogP contribution in [0.2, 0.25) is 0 Å². The maximum Gasteiger partial charge on any atom is 0.417 e. The van der Waals surface area contributed by atoms with E-state index >= 15 is 0 Å². The second-order valence-corrected chi connectivity index (χ2v) is 5.01. The van der Waals surface area contributed by atoms with Gasteiger partial charge in [0.25, 0.3) is 0 Å². The lowest BCUT2D eigenvalue weighted by atomic mass is 10.0. The monoisotopic (exact) mass is 258 g/mol. The number of hydrogen-bond acceptors (Lipinski definition) is 4. The fraction of sp³-hybridized carbons (Fsp3) is 0.857. The first-order chi connectivity index (χ1) is 8.51. The number of ether oxygens (including phenoxy) is 2. The summed E-state index contributed by atoms with van der Waals surface area (Å²) in [5.74, 6) is -1.19. The molecule has 0 spiro atoms. The fourth-order valence-corrected chi connectivity index (χ4v) is 1.45. The van der Waals surface area contributed by atoms with Gasteiger partial charge in [-0.2, -0.15) is 0 Å². The SMILES string of the molecule is CCCCC(CC)COC(=O)C(=O)OCC(C)C. The third-order valence-electron chi connectivity index (χ3n) is 2.71. The van der Waals surface area contributed by atoms with Crippen molar-refractivity contribution in [1.82, 2.24) is 0 Å². The van der Waals surface area contributed by atoms with Crippen molar-refractivity contribution in [3.8, 4) is 0 Å². The second kappa shape index (κ2) is 9.92. The van der Waals surface area contributed by atoms with Crippen LogP contribution in [-0.2, 0) is 19.1 Å². The molecule has 0 saturated carbocycles. The molecule has 1 atom stereocenters. The molecular formula is C14H26O4. The van der Waals surface area contributed by atoms with E-state index in [1.54, 1.807) is 0 Å². The minimum absolute atomic E-state index is 0.217. The van der Waals surface area contributed by atoms with Crippen LogP contribution in [-0.4, -0.2) is 25.2 Å². The fourth-order valence-electron chi connectivity index (χ4n) is 1.45. The Morgan fingerprint density at radius 1 is 1.00 bits per heavy atom. The molecule has 0 aliphatic rings. The molecule has 1 unspecified atom stereocenters. The van der Waals surface area contributed by atoms with Gasteiger partial charge in [-0.05, 0) is 18.3 Å². The predicted octanol–water partition coefficient (Wildman–Crippen LogP) is 2.95. The Morgan fingerprint density at radius 2 is 1.56 bits per heavy atom. The van der Waals surface area contributed by atoms with Crippen LogP contribution in [0.1, 0.15) is 53.4 Å². The van der Waals surface area contributed by atoms with Crippen molar-refractivity contribution in [3.05, 3.63) is 0 Å². The first-order valence-electron chi connectivity index (χ1n) is 6.85. The highest BCUT2D eigenvalue weighted by atomic mass is 16.6. The Labute approximate surface area is 110 Å². The maximum atomic E-state index is 11.4. The summed E-state index contributed by atoms with van der Waals surface area (Å²) in [5, 5.41) is 0. The van der Waals surface area contributed by atoms with E-state index in [-0.39, 0.29) is 12.5 Å². The lowest BCUT2D eigenvalue weighted by Crippen LogP contribution is -2.24. The first-order valence-corrected chi connectivity index (χ1v) is 6.85. The largest absolute Gasteiger partial charge is 0.457 e. The van der Waals surface area contributed by atoms with Gasteiger partial charge < -0.3 is 9.47 Å². The van der Waals surface area contributed by atoms with Gasteiger partial charge in [0.05, 0.1) is 13.2 Å². The molecule has 0 aromatic rings. The van der Waals surface area contributed by atoms with Crippen LogP contribution in [0.3, 0.4) is 0 Å². The van der Waals surface area contributed by atoms with Crippen LogP contribution in [0, 0.1) is 11.8 Å². The number of unbranched alkanes of at least 4 members (excludes halogenated alkanes) is 1. The van der Waals surface area contributed by atoms with Crippen molar-refractivity contribution < 1.29 is 19.1 Å². The van der Waals surface area contributed by atoms with E-state index in [0.29, 0.717) is 12.5 Å². The summed E-state index contributed by atoms with van der Waals surface area (Å²) in [7, 11) is 0. The zero-order valence-electron chi connectivity index (χ0n) is 12.0. The zero-order valence-corrected chi connectivity index (χ0v) is 12.0. The summed E-state index contributed by atoms with van der Waals surface area (Å²) < 4.78 is 9.77. The Hall–Kier alpha value is -1.06. The van der Waals surface area contributed by atoms with Crippen molar-refractivity contribution in [3.63, 3.8) is 0 Å². The summed E-state index contributed by atoms with van der Waals surface area (Å²) in [4.78, 5) is 22.6. The van der Waals surface area contributed by atoms with E-state index in [1.807, 2.05) is 13.8 Å².